The van der Waals surface area contributed by atoms with Crippen molar-refractivity contribution in [1.82, 2.24) is 0 Å². The number of rotatable bonds is 2. The second kappa shape index (κ2) is 6.32. The molecule has 0 N–H and O–H groups in total. The van der Waals surface area contributed by atoms with Gasteiger partial charge in [-0.3, -0.25) is 9.69 Å². The Hall–Kier alpha value is -0.870. The van der Waals surface area contributed by atoms with Crippen molar-refractivity contribution >= 4 is 58.2 Å². The molecule has 114 valence electrons. The molecule has 1 amide bonds. The van der Waals surface area contributed by atoms with Crippen molar-refractivity contribution in [2.45, 2.75) is 12.3 Å². The van der Waals surface area contributed by atoms with E-state index in [1.807, 2.05) is 37.3 Å². The Balaban J connectivity index is 2.06. The lowest BCUT2D eigenvalue weighted by atomic mass is 10.1. The number of carbonyl (C=O) groups is 1. The highest BCUT2D eigenvalue weighted by Gasteiger charge is 2.35. The fourth-order valence-corrected chi connectivity index (χ4v) is 4.23. The largest absolute Gasteiger partial charge is 0.295 e. The summed E-state index contributed by atoms with van der Waals surface area (Å²) >= 11 is 20.2. The molecule has 6 heteroatoms. The number of anilines is 1. The number of carbonyl (C=O) groups excluding carboxylic acids is 1. The van der Waals surface area contributed by atoms with Crippen molar-refractivity contribution < 1.29 is 4.79 Å². The second-order valence-corrected chi connectivity index (χ2v) is 7.26. The summed E-state index contributed by atoms with van der Waals surface area (Å²) in [6.07, 6.45) is 0. The maximum absolute atomic E-state index is 12.3. The van der Waals surface area contributed by atoms with Crippen LogP contribution in [0.3, 0.4) is 0 Å². The maximum atomic E-state index is 12.3. The number of aryl methyl sites for hydroxylation is 1. The molecule has 0 radical (unpaired) electrons. The third-order valence-electron chi connectivity index (χ3n) is 3.55. The minimum atomic E-state index is -0.197. The number of amides is 1. The number of halogens is 3. The minimum absolute atomic E-state index is 0.0333. The molecule has 0 aromatic heterocycles. The summed E-state index contributed by atoms with van der Waals surface area (Å²) in [5, 5.41) is 1.41. The number of benzene rings is 2. The fourth-order valence-electron chi connectivity index (χ4n) is 2.38. The van der Waals surface area contributed by atoms with E-state index in [0.717, 1.165) is 16.8 Å². The van der Waals surface area contributed by atoms with Crippen molar-refractivity contribution in [3.8, 4) is 0 Å². The van der Waals surface area contributed by atoms with E-state index >= 15 is 0 Å². The zero-order chi connectivity index (χ0) is 15.9. The normalized spacial score (nSPS) is 18.1. The van der Waals surface area contributed by atoms with E-state index in [2.05, 4.69) is 0 Å². The first-order valence-electron chi connectivity index (χ1n) is 6.63. The molecular formula is C16H12Cl3NOS. The molecule has 2 nitrogen and oxygen atoms in total. The van der Waals surface area contributed by atoms with Gasteiger partial charge < -0.3 is 0 Å². The lowest BCUT2D eigenvalue weighted by molar-refractivity contribution is -0.115. The van der Waals surface area contributed by atoms with Gasteiger partial charge in [-0.25, -0.2) is 0 Å². The van der Waals surface area contributed by atoms with E-state index in [1.165, 1.54) is 11.8 Å². The van der Waals surface area contributed by atoms with E-state index < -0.39 is 0 Å². The molecule has 1 saturated heterocycles. The van der Waals surface area contributed by atoms with Gasteiger partial charge in [0.15, 0.2) is 0 Å². The summed E-state index contributed by atoms with van der Waals surface area (Å²) in [4.78, 5) is 14.1. The summed E-state index contributed by atoms with van der Waals surface area (Å²) in [5.74, 6) is 0.435. The van der Waals surface area contributed by atoms with Crippen LogP contribution in [0.25, 0.3) is 0 Å². The molecule has 0 bridgehead atoms. The van der Waals surface area contributed by atoms with Gasteiger partial charge in [0.05, 0.1) is 15.8 Å². The van der Waals surface area contributed by atoms with Crippen LogP contribution in [0.15, 0.2) is 36.4 Å². The number of thioether (sulfide) groups is 1. The van der Waals surface area contributed by atoms with Crippen molar-refractivity contribution in [2.75, 3.05) is 10.7 Å². The Morgan fingerprint density at radius 2 is 1.91 bits per heavy atom. The van der Waals surface area contributed by atoms with E-state index in [1.54, 1.807) is 11.0 Å². The Labute approximate surface area is 148 Å². The van der Waals surface area contributed by atoms with Crippen LogP contribution in [-0.4, -0.2) is 11.7 Å². The van der Waals surface area contributed by atoms with Crippen molar-refractivity contribution in [3.05, 3.63) is 62.6 Å². The Kier molecular flexibility index (Phi) is 4.60. The lowest BCUT2D eigenvalue weighted by Gasteiger charge is -2.25. The van der Waals surface area contributed by atoms with Crippen LogP contribution in [-0.2, 0) is 4.79 Å². The van der Waals surface area contributed by atoms with Crippen LogP contribution in [0.2, 0.25) is 15.1 Å². The Morgan fingerprint density at radius 3 is 2.64 bits per heavy atom. The molecule has 3 rings (SSSR count). The molecule has 1 atom stereocenters. The average Bonchev–Trinajstić information content (AvgIpc) is 2.86. The molecule has 0 aliphatic carbocycles. The second-order valence-electron chi connectivity index (χ2n) is 5.00. The Morgan fingerprint density at radius 1 is 1.14 bits per heavy atom. The zero-order valence-corrected chi connectivity index (χ0v) is 14.7. The molecule has 2 aromatic rings. The van der Waals surface area contributed by atoms with Crippen molar-refractivity contribution in [1.29, 1.82) is 0 Å². The molecule has 0 saturated carbocycles. The zero-order valence-electron chi connectivity index (χ0n) is 11.6. The van der Waals surface area contributed by atoms with E-state index in [-0.39, 0.29) is 11.3 Å². The topological polar surface area (TPSA) is 20.3 Å². The summed E-state index contributed by atoms with van der Waals surface area (Å²) in [6.45, 7) is 1.93. The van der Waals surface area contributed by atoms with Gasteiger partial charge in [-0.2, -0.15) is 0 Å². The van der Waals surface area contributed by atoms with Gasteiger partial charge in [-0.1, -0.05) is 53.0 Å². The van der Waals surface area contributed by atoms with Crippen LogP contribution in [0.5, 0.6) is 0 Å². The highest BCUT2D eigenvalue weighted by atomic mass is 35.5. The number of hydrogen-bond donors (Lipinski definition) is 0. The van der Waals surface area contributed by atoms with Gasteiger partial charge in [0, 0.05) is 16.3 Å². The average molecular weight is 373 g/mol. The first-order valence-corrected chi connectivity index (χ1v) is 8.81. The molecular weight excluding hydrogens is 361 g/mol. The highest BCUT2D eigenvalue weighted by Crippen LogP contribution is 2.45. The molecule has 1 fully saturated rings. The Bertz CT molecular complexity index is 750. The predicted octanol–water partition coefficient (Wildman–Crippen LogP) is 5.73. The SMILES string of the molecule is Cc1ccc(N2C(=O)CSC2c2cccc(Cl)c2Cl)cc1Cl. The van der Waals surface area contributed by atoms with Gasteiger partial charge in [0.25, 0.3) is 0 Å². The monoisotopic (exact) mass is 371 g/mol. The molecule has 0 spiro atoms. The van der Waals surface area contributed by atoms with Gasteiger partial charge in [0.2, 0.25) is 5.91 Å². The molecule has 1 heterocycles. The maximum Gasteiger partial charge on any atom is 0.238 e. The lowest BCUT2D eigenvalue weighted by Crippen LogP contribution is -2.28. The number of nitrogens with zero attached hydrogens (tertiary/aromatic N) is 1. The van der Waals surface area contributed by atoms with E-state index in [0.29, 0.717) is 20.8 Å². The molecule has 1 aliphatic heterocycles. The fraction of sp³-hybridized carbons (Fsp3) is 0.188. The third kappa shape index (κ3) is 2.83. The minimum Gasteiger partial charge on any atom is -0.295 e. The summed E-state index contributed by atoms with van der Waals surface area (Å²) in [5.41, 5.74) is 2.58. The summed E-state index contributed by atoms with van der Waals surface area (Å²) < 4.78 is 0. The van der Waals surface area contributed by atoms with Gasteiger partial charge in [-0.05, 0) is 30.7 Å². The van der Waals surface area contributed by atoms with Gasteiger partial charge in [-0.15, -0.1) is 11.8 Å². The van der Waals surface area contributed by atoms with E-state index in [9.17, 15) is 4.79 Å². The molecule has 1 aliphatic rings. The molecule has 2 aromatic carbocycles. The first-order chi connectivity index (χ1) is 10.5. The summed E-state index contributed by atoms with van der Waals surface area (Å²) in [6, 6.07) is 11.1. The van der Waals surface area contributed by atoms with Crippen LogP contribution in [0, 0.1) is 6.92 Å². The smallest absolute Gasteiger partial charge is 0.238 e. The van der Waals surface area contributed by atoms with E-state index in [4.69, 9.17) is 34.8 Å². The van der Waals surface area contributed by atoms with Crippen LogP contribution < -0.4 is 4.90 Å². The van der Waals surface area contributed by atoms with Crippen LogP contribution in [0.1, 0.15) is 16.5 Å². The van der Waals surface area contributed by atoms with Gasteiger partial charge >= 0.3 is 0 Å². The first kappa shape index (κ1) is 16.0. The quantitative estimate of drug-likeness (QED) is 0.670. The standard InChI is InChI=1S/C16H12Cl3NOS/c1-9-5-6-10(7-13(9)18)20-14(21)8-22-16(20)11-3-2-4-12(17)15(11)19/h2-7,16H,8H2,1H3. The van der Waals surface area contributed by atoms with Crippen LogP contribution >= 0.6 is 46.6 Å². The molecule has 22 heavy (non-hydrogen) atoms. The number of hydrogen-bond acceptors (Lipinski definition) is 2. The molecule has 1 unspecified atom stereocenters. The van der Waals surface area contributed by atoms with Crippen LogP contribution in [0.4, 0.5) is 5.69 Å². The van der Waals surface area contributed by atoms with Crippen molar-refractivity contribution in [3.63, 3.8) is 0 Å². The summed E-state index contributed by atoms with van der Waals surface area (Å²) in [7, 11) is 0. The van der Waals surface area contributed by atoms with Crippen molar-refractivity contribution in [2.24, 2.45) is 0 Å². The predicted molar refractivity (Wildman–Crippen MR) is 95.3 cm³/mol. The van der Waals surface area contributed by atoms with Gasteiger partial charge in [0.1, 0.15) is 5.37 Å². The third-order valence-corrected chi connectivity index (χ3v) is 5.98. The highest BCUT2D eigenvalue weighted by molar-refractivity contribution is 8.00.